The average molecular weight is 469 g/mol. The third-order valence-corrected chi connectivity index (χ3v) is 6.71. The monoisotopic (exact) mass is 468 g/mol. The van der Waals surface area contributed by atoms with E-state index in [4.69, 9.17) is 25.5 Å². The lowest BCUT2D eigenvalue weighted by atomic mass is 10.2. The summed E-state index contributed by atoms with van der Waals surface area (Å²) in [5.74, 6) is 1.03. The molecule has 9 heteroatoms. The van der Waals surface area contributed by atoms with Crippen molar-refractivity contribution in [3.8, 4) is 23.0 Å². The maximum Gasteiger partial charge on any atom is 0.238 e. The van der Waals surface area contributed by atoms with Gasteiger partial charge in [-0.05, 0) is 48.5 Å². The van der Waals surface area contributed by atoms with Gasteiger partial charge in [-0.3, -0.25) is 0 Å². The molecule has 1 aromatic heterocycles. The van der Waals surface area contributed by atoms with Crippen molar-refractivity contribution >= 4 is 33.0 Å². The van der Waals surface area contributed by atoms with Crippen LogP contribution in [0.2, 0.25) is 5.02 Å². The van der Waals surface area contributed by atoms with E-state index < -0.39 is 9.84 Å². The number of hydrogen-bond donors (Lipinski definition) is 1. The van der Waals surface area contributed by atoms with Gasteiger partial charge in [0.15, 0.2) is 11.5 Å². The van der Waals surface area contributed by atoms with E-state index in [0.29, 0.717) is 41.0 Å². The molecule has 0 bridgehead atoms. The molecule has 7 nitrogen and oxygen atoms in total. The molecule has 0 saturated heterocycles. The molecule has 0 amide bonds. The Morgan fingerprint density at radius 1 is 0.875 bits per heavy atom. The summed E-state index contributed by atoms with van der Waals surface area (Å²) in [6.07, 6.45) is 0. The van der Waals surface area contributed by atoms with Gasteiger partial charge >= 0.3 is 0 Å². The summed E-state index contributed by atoms with van der Waals surface area (Å²) in [4.78, 5) is 4.36. The summed E-state index contributed by atoms with van der Waals surface area (Å²) in [6.45, 7) is 0.764. The van der Waals surface area contributed by atoms with Crippen molar-refractivity contribution in [3.05, 3.63) is 77.8 Å². The number of nitrogens with one attached hydrogen (secondary N) is 1. The molecule has 3 aromatic carbocycles. The zero-order valence-electron chi connectivity index (χ0n) is 16.6. The number of oxazole rings is 1. The molecular formula is C23H17ClN2O5S. The minimum Gasteiger partial charge on any atom is -0.486 e. The Labute approximate surface area is 189 Å². The van der Waals surface area contributed by atoms with Crippen LogP contribution in [0.25, 0.3) is 11.5 Å². The number of hydrogen-bond acceptors (Lipinski definition) is 7. The molecule has 1 aliphatic heterocycles. The van der Waals surface area contributed by atoms with Crippen LogP contribution in [-0.2, 0) is 9.84 Å². The van der Waals surface area contributed by atoms with Crippen LogP contribution in [0.4, 0.5) is 11.6 Å². The van der Waals surface area contributed by atoms with E-state index in [0.717, 1.165) is 0 Å². The third-order valence-electron chi connectivity index (χ3n) is 4.80. The molecule has 1 aliphatic rings. The third kappa shape index (κ3) is 3.90. The van der Waals surface area contributed by atoms with Crippen LogP contribution in [0.1, 0.15) is 0 Å². The van der Waals surface area contributed by atoms with E-state index in [1.807, 2.05) is 18.2 Å². The maximum atomic E-state index is 13.5. The number of para-hydroxylation sites is 1. The topological polar surface area (TPSA) is 90.7 Å². The first-order valence-corrected chi connectivity index (χ1v) is 11.6. The number of fused-ring (bicyclic) bond motifs is 1. The summed E-state index contributed by atoms with van der Waals surface area (Å²) in [5, 5.41) is 3.34. The molecule has 32 heavy (non-hydrogen) atoms. The summed E-state index contributed by atoms with van der Waals surface area (Å²) in [6, 6.07) is 20.4. The van der Waals surface area contributed by atoms with Crippen LogP contribution >= 0.6 is 11.6 Å². The van der Waals surface area contributed by atoms with Gasteiger partial charge in [-0.15, -0.1) is 0 Å². The molecule has 0 radical (unpaired) electrons. The fourth-order valence-electron chi connectivity index (χ4n) is 3.24. The van der Waals surface area contributed by atoms with Crippen molar-refractivity contribution in [2.45, 2.75) is 9.92 Å². The van der Waals surface area contributed by atoms with E-state index in [1.165, 1.54) is 12.1 Å². The lowest BCUT2D eigenvalue weighted by Gasteiger charge is -2.18. The molecule has 0 saturated carbocycles. The van der Waals surface area contributed by atoms with E-state index >= 15 is 0 Å². The number of anilines is 2. The molecule has 4 aromatic rings. The number of rotatable bonds is 5. The Morgan fingerprint density at radius 2 is 1.59 bits per heavy atom. The van der Waals surface area contributed by atoms with Crippen molar-refractivity contribution in [2.75, 3.05) is 18.5 Å². The summed E-state index contributed by atoms with van der Waals surface area (Å²) in [5.41, 5.74) is 1.25. The van der Waals surface area contributed by atoms with Gasteiger partial charge in [0.05, 0.1) is 4.90 Å². The van der Waals surface area contributed by atoms with Crippen LogP contribution in [0.3, 0.4) is 0 Å². The predicted octanol–water partition coefficient (Wildman–Crippen LogP) is 5.34. The maximum absolute atomic E-state index is 13.5. The second kappa shape index (κ2) is 8.22. The number of sulfone groups is 1. The van der Waals surface area contributed by atoms with Crippen LogP contribution in [0.15, 0.2) is 87.1 Å². The second-order valence-electron chi connectivity index (χ2n) is 6.96. The van der Waals surface area contributed by atoms with E-state index in [2.05, 4.69) is 10.3 Å². The number of aromatic nitrogens is 1. The highest BCUT2D eigenvalue weighted by atomic mass is 35.5. The molecular weight excluding hydrogens is 452 g/mol. The Bertz CT molecular complexity index is 1370. The van der Waals surface area contributed by atoms with Gasteiger partial charge in [-0.1, -0.05) is 29.8 Å². The molecule has 1 N–H and O–H groups in total. The first-order valence-electron chi connectivity index (χ1n) is 9.74. The van der Waals surface area contributed by atoms with Gasteiger partial charge in [0, 0.05) is 22.3 Å². The highest BCUT2D eigenvalue weighted by Gasteiger charge is 2.30. The fraction of sp³-hybridized carbons (Fsp3) is 0.0870. The van der Waals surface area contributed by atoms with Crippen molar-refractivity contribution < 1.29 is 22.3 Å². The second-order valence-corrected chi connectivity index (χ2v) is 9.26. The fourth-order valence-corrected chi connectivity index (χ4v) is 4.64. The zero-order chi connectivity index (χ0) is 22.1. The molecule has 0 aliphatic carbocycles. The van der Waals surface area contributed by atoms with Crippen molar-refractivity contribution in [1.29, 1.82) is 0 Å². The number of ether oxygens (including phenoxy) is 2. The molecule has 0 unspecified atom stereocenters. The minimum atomic E-state index is -4.05. The largest absolute Gasteiger partial charge is 0.486 e. The van der Waals surface area contributed by atoms with Gasteiger partial charge in [0.25, 0.3) is 0 Å². The molecule has 0 fully saturated rings. The lowest BCUT2D eigenvalue weighted by Crippen LogP contribution is -2.16. The van der Waals surface area contributed by atoms with Crippen LogP contribution < -0.4 is 14.8 Å². The Hall–Kier alpha value is -3.49. The lowest BCUT2D eigenvalue weighted by molar-refractivity contribution is 0.171. The smallest absolute Gasteiger partial charge is 0.238 e. The molecule has 2 heterocycles. The Balaban J connectivity index is 1.61. The summed E-state index contributed by atoms with van der Waals surface area (Å²) < 4.78 is 44.0. The highest BCUT2D eigenvalue weighted by Crippen LogP contribution is 2.38. The van der Waals surface area contributed by atoms with Gasteiger partial charge < -0.3 is 19.2 Å². The quantitative estimate of drug-likeness (QED) is 0.422. The number of benzene rings is 3. The highest BCUT2D eigenvalue weighted by molar-refractivity contribution is 7.91. The van der Waals surface area contributed by atoms with Crippen LogP contribution in [-0.4, -0.2) is 26.6 Å². The summed E-state index contributed by atoms with van der Waals surface area (Å²) >= 11 is 5.97. The SMILES string of the molecule is O=S(=O)(c1ccc2c(c1)OCCO2)c1nc(-c2ccc(Cl)cc2)oc1Nc1ccccc1. The van der Waals surface area contributed by atoms with Crippen molar-refractivity contribution in [3.63, 3.8) is 0 Å². The first kappa shape index (κ1) is 20.4. The van der Waals surface area contributed by atoms with E-state index in [9.17, 15) is 8.42 Å². The van der Waals surface area contributed by atoms with Gasteiger partial charge in [0.1, 0.15) is 13.2 Å². The van der Waals surface area contributed by atoms with Crippen LogP contribution in [0.5, 0.6) is 11.5 Å². The van der Waals surface area contributed by atoms with E-state index in [1.54, 1.807) is 42.5 Å². The molecule has 5 rings (SSSR count). The average Bonchev–Trinajstić information content (AvgIpc) is 3.24. The van der Waals surface area contributed by atoms with Crippen molar-refractivity contribution in [2.24, 2.45) is 0 Å². The minimum absolute atomic E-state index is 0.0102. The molecule has 0 spiro atoms. The summed E-state index contributed by atoms with van der Waals surface area (Å²) in [7, 11) is -4.05. The van der Waals surface area contributed by atoms with Gasteiger partial charge in [-0.25, -0.2) is 8.42 Å². The first-order chi connectivity index (χ1) is 15.5. The number of halogens is 1. The Kier molecular flexibility index (Phi) is 5.24. The number of nitrogens with zero attached hydrogens (tertiary/aromatic N) is 1. The standard InChI is InChI=1S/C23H17ClN2O5S/c24-16-8-6-15(7-9-16)21-26-23(22(31-21)25-17-4-2-1-3-5-17)32(27,28)18-10-11-19-20(14-18)30-13-12-29-19/h1-11,14,25H,12-13H2. The normalized spacial score (nSPS) is 13.0. The van der Waals surface area contributed by atoms with Crippen LogP contribution in [0, 0.1) is 0 Å². The van der Waals surface area contributed by atoms with E-state index in [-0.39, 0.29) is 21.7 Å². The Morgan fingerprint density at radius 3 is 2.34 bits per heavy atom. The van der Waals surface area contributed by atoms with Gasteiger partial charge in [0.2, 0.25) is 26.6 Å². The van der Waals surface area contributed by atoms with Crippen molar-refractivity contribution in [1.82, 2.24) is 4.98 Å². The molecule has 0 atom stereocenters. The molecule has 162 valence electrons. The zero-order valence-corrected chi connectivity index (χ0v) is 18.2. The predicted molar refractivity (Wildman–Crippen MR) is 120 cm³/mol. The van der Waals surface area contributed by atoms with Gasteiger partial charge in [-0.2, -0.15) is 4.98 Å².